The summed E-state index contributed by atoms with van der Waals surface area (Å²) >= 11 is 0. The van der Waals surface area contributed by atoms with E-state index in [2.05, 4.69) is 40.7 Å². The molecular weight excluding hydrogens is 358 g/mol. The Bertz CT molecular complexity index is 905. The van der Waals surface area contributed by atoms with E-state index in [0.717, 1.165) is 30.1 Å². The number of nitrogens with one attached hydrogen (secondary N) is 2. The molecule has 2 N–H and O–H groups in total. The molecule has 0 saturated heterocycles. The van der Waals surface area contributed by atoms with Crippen LogP contribution < -0.4 is 10.6 Å². The molecule has 6 heteroatoms. The van der Waals surface area contributed by atoms with Crippen molar-refractivity contribution in [2.75, 3.05) is 12.8 Å². The van der Waals surface area contributed by atoms with Crippen molar-refractivity contribution in [1.29, 1.82) is 0 Å². The number of hydrogen-bond donors (Lipinski definition) is 2. The van der Waals surface area contributed by atoms with Crippen molar-refractivity contribution in [2.45, 2.75) is 45.2 Å². The van der Waals surface area contributed by atoms with Crippen molar-refractivity contribution in [1.82, 2.24) is 10.6 Å². The zero-order chi connectivity index (χ0) is 19.9. The molecule has 0 spiro atoms. The summed E-state index contributed by atoms with van der Waals surface area (Å²) in [5.41, 5.74) is 4.32. The van der Waals surface area contributed by atoms with Gasteiger partial charge >= 0.3 is 0 Å². The second-order valence-electron chi connectivity index (χ2n) is 6.54. The molecule has 0 aliphatic heterocycles. The topological polar surface area (TPSA) is 70.6 Å². The lowest BCUT2D eigenvalue weighted by molar-refractivity contribution is 0.601. The predicted molar refractivity (Wildman–Crippen MR) is 112 cm³/mol. The maximum Gasteiger partial charge on any atom is 0.191 e. The van der Waals surface area contributed by atoms with Gasteiger partial charge in [0.25, 0.3) is 0 Å². The molecule has 0 aliphatic rings. The number of nitrogens with zero attached hydrogens (tertiary/aromatic N) is 1. The fourth-order valence-corrected chi connectivity index (χ4v) is 3.95. The second-order valence-corrected chi connectivity index (χ2v) is 8.53. The van der Waals surface area contributed by atoms with Gasteiger partial charge in [-0.1, -0.05) is 43.3 Å². The minimum Gasteiger partial charge on any atom is -0.357 e. The van der Waals surface area contributed by atoms with E-state index in [1.165, 1.54) is 17.4 Å². The van der Waals surface area contributed by atoms with Crippen LogP contribution in [0, 0.1) is 6.92 Å². The molecule has 0 aromatic heterocycles. The van der Waals surface area contributed by atoms with Crippen LogP contribution in [-0.2, 0) is 29.3 Å². The summed E-state index contributed by atoms with van der Waals surface area (Å²) in [7, 11) is -3.20. The number of benzene rings is 2. The van der Waals surface area contributed by atoms with E-state index < -0.39 is 9.84 Å². The van der Waals surface area contributed by atoms with Gasteiger partial charge in [0.2, 0.25) is 0 Å². The predicted octanol–water partition coefficient (Wildman–Crippen LogP) is 3.22. The standard InChI is InChI=1S/C21H29N3O2S/c1-5-18-9-7-8-10-19(18)15-24-21(22-6-2)23-14-17-11-12-20(16(3)13-17)27(4,25)26/h7-13H,5-6,14-15H2,1-4H3,(H2,22,23,24). The molecule has 0 bridgehead atoms. The Morgan fingerprint density at radius 1 is 1.04 bits per heavy atom. The molecule has 0 aliphatic carbocycles. The van der Waals surface area contributed by atoms with Gasteiger partial charge in [-0.25, -0.2) is 13.4 Å². The highest BCUT2D eigenvalue weighted by atomic mass is 32.2. The normalized spacial score (nSPS) is 12.1. The minimum atomic E-state index is -3.20. The molecule has 0 amide bonds. The molecule has 0 unspecified atom stereocenters. The second kappa shape index (κ2) is 9.55. The van der Waals surface area contributed by atoms with Gasteiger partial charge in [-0.2, -0.15) is 0 Å². The summed E-state index contributed by atoms with van der Waals surface area (Å²) < 4.78 is 23.5. The van der Waals surface area contributed by atoms with Crippen molar-refractivity contribution >= 4 is 15.8 Å². The first-order valence-electron chi connectivity index (χ1n) is 9.23. The van der Waals surface area contributed by atoms with Crippen molar-refractivity contribution in [2.24, 2.45) is 4.99 Å². The van der Waals surface area contributed by atoms with Gasteiger partial charge in [-0.05, 0) is 48.6 Å². The Morgan fingerprint density at radius 3 is 2.33 bits per heavy atom. The summed E-state index contributed by atoms with van der Waals surface area (Å²) in [5, 5.41) is 6.63. The molecule has 0 atom stereocenters. The van der Waals surface area contributed by atoms with Gasteiger partial charge in [0, 0.05) is 19.3 Å². The van der Waals surface area contributed by atoms with Gasteiger partial charge in [0.15, 0.2) is 15.8 Å². The van der Waals surface area contributed by atoms with E-state index in [1.54, 1.807) is 6.07 Å². The maximum absolute atomic E-state index is 11.7. The van der Waals surface area contributed by atoms with Crippen LogP contribution in [0.25, 0.3) is 0 Å². The Morgan fingerprint density at radius 2 is 1.74 bits per heavy atom. The van der Waals surface area contributed by atoms with Gasteiger partial charge in [-0.3, -0.25) is 0 Å². The smallest absolute Gasteiger partial charge is 0.191 e. The van der Waals surface area contributed by atoms with Crippen LogP contribution >= 0.6 is 0 Å². The first-order chi connectivity index (χ1) is 12.8. The van der Waals surface area contributed by atoms with Crippen LogP contribution in [-0.4, -0.2) is 27.2 Å². The average molecular weight is 388 g/mol. The molecule has 5 nitrogen and oxygen atoms in total. The maximum atomic E-state index is 11.7. The van der Waals surface area contributed by atoms with Gasteiger partial charge in [0.1, 0.15) is 0 Å². The highest BCUT2D eigenvalue weighted by molar-refractivity contribution is 7.90. The number of sulfone groups is 1. The molecule has 2 aromatic rings. The van der Waals surface area contributed by atoms with E-state index in [1.807, 2.05) is 32.0 Å². The number of rotatable bonds is 7. The number of aliphatic imine (C=N–C) groups is 1. The molecule has 27 heavy (non-hydrogen) atoms. The highest BCUT2D eigenvalue weighted by Crippen LogP contribution is 2.17. The summed E-state index contributed by atoms with van der Waals surface area (Å²) in [4.78, 5) is 5.00. The van der Waals surface area contributed by atoms with Crippen LogP contribution in [0.4, 0.5) is 0 Å². The summed E-state index contributed by atoms with van der Waals surface area (Å²) in [6, 6.07) is 13.7. The lowest BCUT2D eigenvalue weighted by Gasteiger charge is -2.13. The Hall–Kier alpha value is -2.34. The Kier molecular flexibility index (Phi) is 7.42. The minimum absolute atomic E-state index is 0.372. The zero-order valence-electron chi connectivity index (χ0n) is 16.5. The van der Waals surface area contributed by atoms with E-state index >= 15 is 0 Å². The largest absolute Gasteiger partial charge is 0.357 e. The quantitative estimate of drug-likeness (QED) is 0.565. The Balaban J connectivity index is 2.10. The average Bonchev–Trinajstić information content (AvgIpc) is 2.63. The molecule has 2 aromatic carbocycles. The third-order valence-corrected chi connectivity index (χ3v) is 5.61. The molecule has 0 fully saturated rings. The van der Waals surface area contributed by atoms with E-state index in [0.29, 0.717) is 18.0 Å². The fraction of sp³-hybridized carbons (Fsp3) is 0.381. The van der Waals surface area contributed by atoms with Crippen LogP contribution in [0.3, 0.4) is 0 Å². The lowest BCUT2D eigenvalue weighted by Crippen LogP contribution is -2.37. The van der Waals surface area contributed by atoms with Crippen molar-refractivity contribution in [3.8, 4) is 0 Å². The summed E-state index contributed by atoms with van der Waals surface area (Å²) in [6.07, 6.45) is 2.23. The molecule has 0 radical (unpaired) electrons. The van der Waals surface area contributed by atoms with Gasteiger partial charge in [0.05, 0.1) is 11.4 Å². The lowest BCUT2D eigenvalue weighted by atomic mass is 10.1. The van der Waals surface area contributed by atoms with Crippen LogP contribution in [0.1, 0.15) is 36.1 Å². The van der Waals surface area contributed by atoms with Gasteiger partial charge in [-0.15, -0.1) is 0 Å². The molecule has 0 heterocycles. The van der Waals surface area contributed by atoms with E-state index in [4.69, 9.17) is 0 Å². The van der Waals surface area contributed by atoms with Gasteiger partial charge < -0.3 is 10.6 Å². The summed E-state index contributed by atoms with van der Waals surface area (Å²) in [6.45, 7) is 7.96. The number of aryl methyl sites for hydroxylation is 2. The molecule has 146 valence electrons. The third-order valence-electron chi connectivity index (χ3n) is 4.35. The molecular formula is C21H29N3O2S. The third kappa shape index (κ3) is 6.10. The zero-order valence-corrected chi connectivity index (χ0v) is 17.4. The van der Waals surface area contributed by atoms with Crippen LogP contribution in [0.5, 0.6) is 0 Å². The van der Waals surface area contributed by atoms with Crippen molar-refractivity contribution in [3.05, 3.63) is 64.7 Å². The first-order valence-corrected chi connectivity index (χ1v) is 11.1. The van der Waals surface area contributed by atoms with Crippen molar-refractivity contribution < 1.29 is 8.42 Å². The van der Waals surface area contributed by atoms with Crippen molar-refractivity contribution in [3.63, 3.8) is 0 Å². The summed E-state index contributed by atoms with van der Waals surface area (Å²) in [5.74, 6) is 0.744. The SMILES string of the molecule is CCNC(=NCc1ccc(S(C)(=O)=O)c(C)c1)NCc1ccccc1CC. The first kappa shape index (κ1) is 21.0. The van der Waals surface area contributed by atoms with E-state index in [9.17, 15) is 8.42 Å². The van der Waals surface area contributed by atoms with Crippen LogP contribution in [0.2, 0.25) is 0 Å². The van der Waals surface area contributed by atoms with Crippen LogP contribution in [0.15, 0.2) is 52.4 Å². The fourth-order valence-electron chi connectivity index (χ4n) is 2.99. The molecule has 0 saturated carbocycles. The number of guanidine groups is 1. The highest BCUT2D eigenvalue weighted by Gasteiger charge is 2.10. The number of hydrogen-bond acceptors (Lipinski definition) is 3. The molecule has 2 rings (SSSR count). The van der Waals surface area contributed by atoms with E-state index in [-0.39, 0.29) is 0 Å². The Labute approximate surface area is 162 Å². The monoisotopic (exact) mass is 387 g/mol.